The standard InChI is InChI=1S/C16H11N3OS/c20-16(15-9-11-5-1-4-8-14(11)21-15)18-19-10-17-12-6-2-3-7-13(12)19/h1-10H,(H,18,20). The number of para-hydroxylation sites is 2. The molecule has 4 rings (SSSR count). The zero-order valence-electron chi connectivity index (χ0n) is 11.0. The number of hydrogen-bond donors (Lipinski definition) is 1. The SMILES string of the molecule is O=C(Nn1cnc2ccccc21)c1cc2ccccc2s1. The topological polar surface area (TPSA) is 46.9 Å². The largest absolute Gasteiger partial charge is 0.280 e. The van der Waals surface area contributed by atoms with Crippen LogP contribution in [0.4, 0.5) is 0 Å². The van der Waals surface area contributed by atoms with E-state index in [-0.39, 0.29) is 5.91 Å². The van der Waals surface area contributed by atoms with Gasteiger partial charge in [0.15, 0.2) is 0 Å². The molecule has 0 aliphatic heterocycles. The van der Waals surface area contributed by atoms with Crippen molar-refractivity contribution in [1.82, 2.24) is 9.66 Å². The van der Waals surface area contributed by atoms with Gasteiger partial charge in [-0.05, 0) is 29.7 Å². The van der Waals surface area contributed by atoms with Crippen LogP contribution in [0.1, 0.15) is 9.67 Å². The second-order valence-corrected chi connectivity index (χ2v) is 5.78. The Morgan fingerprint density at radius 3 is 2.81 bits per heavy atom. The highest BCUT2D eigenvalue weighted by Gasteiger charge is 2.11. The van der Waals surface area contributed by atoms with Crippen molar-refractivity contribution >= 4 is 38.4 Å². The predicted octanol–water partition coefficient (Wildman–Crippen LogP) is 3.63. The van der Waals surface area contributed by atoms with Crippen molar-refractivity contribution in [1.29, 1.82) is 0 Å². The number of amides is 1. The summed E-state index contributed by atoms with van der Waals surface area (Å²) in [5.41, 5.74) is 4.60. The molecule has 0 spiro atoms. The van der Waals surface area contributed by atoms with Gasteiger partial charge in [-0.2, -0.15) is 0 Å². The van der Waals surface area contributed by atoms with Gasteiger partial charge in [0, 0.05) is 4.70 Å². The Labute approximate surface area is 124 Å². The summed E-state index contributed by atoms with van der Waals surface area (Å²) in [6, 6.07) is 17.6. The molecule has 2 aromatic heterocycles. The number of thiophene rings is 1. The first-order chi connectivity index (χ1) is 10.3. The smallest absolute Gasteiger partial charge is 0.266 e. The van der Waals surface area contributed by atoms with E-state index in [1.54, 1.807) is 11.0 Å². The van der Waals surface area contributed by atoms with Crippen LogP contribution in [0.2, 0.25) is 0 Å². The van der Waals surface area contributed by atoms with Crippen LogP contribution in [0.5, 0.6) is 0 Å². The van der Waals surface area contributed by atoms with E-state index >= 15 is 0 Å². The molecule has 0 aliphatic carbocycles. The molecular weight excluding hydrogens is 282 g/mol. The Hall–Kier alpha value is -2.66. The Bertz CT molecular complexity index is 921. The van der Waals surface area contributed by atoms with Gasteiger partial charge in [0.1, 0.15) is 6.33 Å². The molecule has 1 N–H and O–H groups in total. The summed E-state index contributed by atoms with van der Waals surface area (Å²) < 4.78 is 2.76. The second kappa shape index (κ2) is 4.71. The molecule has 0 atom stereocenters. The number of imidazole rings is 1. The lowest BCUT2D eigenvalue weighted by atomic mass is 10.2. The molecule has 0 unspecified atom stereocenters. The molecule has 4 aromatic rings. The maximum Gasteiger partial charge on any atom is 0.280 e. The molecule has 0 radical (unpaired) electrons. The highest BCUT2D eigenvalue weighted by molar-refractivity contribution is 7.20. The molecule has 1 amide bonds. The predicted molar refractivity (Wildman–Crippen MR) is 85.2 cm³/mol. The highest BCUT2D eigenvalue weighted by Crippen LogP contribution is 2.25. The molecule has 0 fully saturated rings. The molecule has 21 heavy (non-hydrogen) atoms. The number of aromatic nitrogens is 2. The van der Waals surface area contributed by atoms with Crippen LogP contribution in [-0.2, 0) is 0 Å². The van der Waals surface area contributed by atoms with E-state index in [0.717, 1.165) is 21.1 Å². The van der Waals surface area contributed by atoms with Gasteiger partial charge < -0.3 is 0 Å². The maximum atomic E-state index is 12.4. The minimum absolute atomic E-state index is 0.126. The van der Waals surface area contributed by atoms with Gasteiger partial charge in [-0.25, -0.2) is 9.66 Å². The highest BCUT2D eigenvalue weighted by atomic mass is 32.1. The average Bonchev–Trinajstić information content (AvgIpc) is 3.11. The van der Waals surface area contributed by atoms with E-state index in [9.17, 15) is 4.79 Å². The lowest BCUT2D eigenvalue weighted by Gasteiger charge is -2.04. The molecular formula is C16H11N3OS. The van der Waals surface area contributed by atoms with Crippen molar-refractivity contribution in [3.8, 4) is 0 Å². The summed E-state index contributed by atoms with van der Waals surface area (Å²) in [4.78, 5) is 17.3. The third kappa shape index (κ3) is 2.08. The van der Waals surface area contributed by atoms with Gasteiger partial charge in [-0.15, -0.1) is 11.3 Å². The van der Waals surface area contributed by atoms with Crippen LogP contribution in [0.3, 0.4) is 0 Å². The summed E-state index contributed by atoms with van der Waals surface area (Å²) in [6.07, 6.45) is 1.62. The number of hydrogen-bond acceptors (Lipinski definition) is 3. The van der Waals surface area contributed by atoms with Gasteiger partial charge in [-0.1, -0.05) is 30.3 Å². The van der Waals surface area contributed by atoms with E-state index < -0.39 is 0 Å². The van der Waals surface area contributed by atoms with E-state index in [1.165, 1.54) is 11.3 Å². The summed E-state index contributed by atoms with van der Waals surface area (Å²) in [7, 11) is 0. The minimum Gasteiger partial charge on any atom is -0.266 e. The van der Waals surface area contributed by atoms with Crippen molar-refractivity contribution in [3.63, 3.8) is 0 Å². The first kappa shape index (κ1) is 12.1. The summed E-state index contributed by atoms with van der Waals surface area (Å²) in [5, 5.41) is 1.09. The number of benzene rings is 2. The molecule has 2 aromatic carbocycles. The third-order valence-electron chi connectivity index (χ3n) is 3.32. The molecule has 5 heteroatoms. The fraction of sp³-hybridized carbons (Fsp3) is 0. The zero-order chi connectivity index (χ0) is 14.2. The van der Waals surface area contributed by atoms with E-state index in [4.69, 9.17) is 0 Å². The van der Waals surface area contributed by atoms with Gasteiger partial charge in [0.05, 0.1) is 15.9 Å². The van der Waals surface area contributed by atoms with Crippen molar-refractivity contribution in [2.24, 2.45) is 0 Å². The number of fused-ring (bicyclic) bond motifs is 2. The summed E-state index contributed by atoms with van der Waals surface area (Å²) >= 11 is 1.49. The Kier molecular flexibility index (Phi) is 2.72. The summed E-state index contributed by atoms with van der Waals surface area (Å²) in [5.74, 6) is -0.126. The lowest BCUT2D eigenvalue weighted by Crippen LogP contribution is -2.21. The third-order valence-corrected chi connectivity index (χ3v) is 4.44. The van der Waals surface area contributed by atoms with E-state index in [2.05, 4.69) is 10.4 Å². The van der Waals surface area contributed by atoms with Crippen LogP contribution in [0.15, 0.2) is 60.9 Å². The van der Waals surface area contributed by atoms with Crippen molar-refractivity contribution in [2.45, 2.75) is 0 Å². The molecule has 0 saturated heterocycles. The molecule has 2 heterocycles. The van der Waals surface area contributed by atoms with Gasteiger partial charge in [0.25, 0.3) is 5.91 Å². The minimum atomic E-state index is -0.126. The lowest BCUT2D eigenvalue weighted by molar-refractivity contribution is 0.101. The van der Waals surface area contributed by atoms with Crippen molar-refractivity contribution < 1.29 is 4.79 Å². The molecule has 0 aliphatic rings. The fourth-order valence-electron chi connectivity index (χ4n) is 2.31. The molecule has 0 saturated carbocycles. The Morgan fingerprint density at radius 2 is 1.90 bits per heavy atom. The van der Waals surface area contributed by atoms with E-state index in [1.807, 2.05) is 54.6 Å². The zero-order valence-corrected chi connectivity index (χ0v) is 11.8. The first-order valence-corrected chi connectivity index (χ1v) is 7.35. The molecule has 102 valence electrons. The van der Waals surface area contributed by atoms with Crippen LogP contribution in [0, 0.1) is 0 Å². The normalized spacial score (nSPS) is 11.0. The fourth-order valence-corrected chi connectivity index (χ4v) is 3.26. The average molecular weight is 293 g/mol. The van der Waals surface area contributed by atoms with Gasteiger partial charge in [-0.3, -0.25) is 10.2 Å². The molecule has 4 nitrogen and oxygen atoms in total. The van der Waals surface area contributed by atoms with Crippen LogP contribution < -0.4 is 5.43 Å². The van der Waals surface area contributed by atoms with Gasteiger partial charge in [0.2, 0.25) is 0 Å². The maximum absolute atomic E-state index is 12.4. The Morgan fingerprint density at radius 1 is 1.10 bits per heavy atom. The molecule has 0 bridgehead atoms. The number of carbonyl (C=O) groups excluding carboxylic acids is 1. The monoisotopic (exact) mass is 293 g/mol. The van der Waals surface area contributed by atoms with Crippen molar-refractivity contribution in [3.05, 3.63) is 65.8 Å². The first-order valence-electron chi connectivity index (χ1n) is 6.53. The van der Waals surface area contributed by atoms with Gasteiger partial charge >= 0.3 is 0 Å². The quantitative estimate of drug-likeness (QED) is 0.613. The van der Waals surface area contributed by atoms with Crippen LogP contribution >= 0.6 is 11.3 Å². The number of nitrogens with zero attached hydrogens (tertiary/aromatic N) is 2. The van der Waals surface area contributed by atoms with E-state index in [0.29, 0.717) is 4.88 Å². The van der Waals surface area contributed by atoms with Crippen molar-refractivity contribution in [2.75, 3.05) is 5.43 Å². The van der Waals surface area contributed by atoms with Crippen LogP contribution in [-0.4, -0.2) is 15.6 Å². The number of rotatable bonds is 2. The Balaban J connectivity index is 1.69. The number of carbonyl (C=O) groups is 1. The van der Waals surface area contributed by atoms with Crippen LogP contribution in [0.25, 0.3) is 21.1 Å². The second-order valence-electron chi connectivity index (χ2n) is 4.69. The number of nitrogens with one attached hydrogen (secondary N) is 1. The summed E-state index contributed by atoms with van der Waals surface area (Å²) in [6.45, 7) is 0.